The van der Waals surface area contributed by atoms with Crippen molar-refractivity contribution in [1.29, 1.82) is 0 Å². The lowest BCUT2D eigenvalue weighted by molar-refractivity contribution is -0.0128. The number of benzene rings is 1. The lowest BCUT2D eigenvalue weighted by atomic mass is 9.55. The number of fused-ring (bicyclic) bond motifs is 2. The Bertz CT molecular complexity index is 583. The van der Waals surface area contributed by atoms with E-state index in [1.807, 2.05) is 0 Å². The summed E-state index contributed by atoms with van der Waals surface area (Å²) in [6, 6.07) is 10.6. The summed E-state index contributed by atoms with van der Waals surface area (Å²) in [6.45, 7) is 7.59. The van der Waals surface area contributed by atoms with Crippen molar-refractivity contribution in [3.8, 4) is 0 Å². The average Bonchev–Trinajstić information content (AvgIpc) is 3.07. The summed E-state index contributed by atoms with van der Waals surface area (Å²) in [5, 5.41) is 3.95. The van der Waals surface area contributed by atoms with Crippen LogP contribution in [0.3, 0.4) is 0 Å². The van der Waals surface area contributed by atoms with Crippen LogP contribution in [0.15, 0.2) is 24.3 Å². The van der Waals surface area contributed by atoms with Crippen LogP contribution in [0.2, 0.25) is 0 Å². The Morgan fingerprint density at radius 1 is 1.33 bits per heavy atom. The molecule has 1 N–H and O–H groups in total. The molecular weight excluding hydrogens is 256 g/mol. The number of rotatable bonds is 1. The van der Waals surface area contributed by atoms with Gasteiger partial charge in [0.25, 0.3) is 0 Å². The highest BCUT2D eigenvalue weighted by molar-refractivity contribution is 5.64. The molecule has 0 amide bonds. The molecule has 3 heterocycles. The second-order valence-corrected chi connectivity index (χ2v) is 7.90. The highest BCUT2D eigenvalue weighted by Gasteiger charge is 2.64. The molecule has 1 spiro atoms. The van der Waals surface area contributed by atoms with Gasteiger partial charge in [0.15, 0.2) is 0 Å². The molecule has 1 aliphatic carbocycles. The van der Waals surface area contributed by atoms with E-state index in [1.165, 1.54) is 38.0 Å². The number of para-hydroxylation sites is 1. The van der Waals surface area contributed by atoms with Crippen LogP contribution in [0.5, 0.6) is 0 Å². The molecule has 2 saturated heterocycles. The molecule has 0 radical (unpaired) electrons. The maximum absolute atomic E-state index is 3.95. The second-order valence-electron chi connectivity index (χ2n) is 7.90. The Balaban J connectivity index is 1.68. The van der Waals surface area contributed by atoms with Gasteiger partial charge in [0.2, 0.25) is 0 Å². The predicted molar refractivity (Wildman–Crippen MR) is 86.6 cm³/mol. The zero-order valence-electron chi connectivity index (χ0n) is 13.2. The van der Waals surface area contributed by atoms with Gasteiger partial charge in [-0.1, -0.05) is 38.5 Å². The van der Waals surface area contributed by atoms with E-state index < -0.39 is 0 Å². The van der Waals surface area contributed by atoms with Crippen LogP contribution >= 0.6 is 0 Å². The summed E-state index contributed by atoms with van der Waals surface area (Å²) < 4.78 is 0. The molecule has 5 rings (SSSR count). The molecule has 0 aromatic heterocycles. The van der Waals surface area contributed by atoms with E-state index in [0.717, 1.165) is 23.8 Å². The van der Waals surface area contributed by atoms with Crippen LogP contribution in [0.25, 0.3) is 0 Å². The Morgan fingerprint density at radius 3 is 3.05 bits per heavy atom. The van der Waals surface area contributed by atoms with E-state index >= 15 is 0 Å². The molecule has 4 aliphatic rings. The normalized spacial score (nSPS) is 46.9. The van der Waals surface area contributed by atoms with Crippen molar-refractivity contribution in [2.24, 2.45) is 17.8 Å². The van der Waals surface area contributed by atoms with Gasteiger partial charge in [0.05, 0.1) is 0 Å². The topological polar surface area (TPSA) is 15.3 Å². The van der Waals surface area contributed by atoms with Crippen molar-refractivity contribution in [3.63, 3.8) is 0 Å². The summed E-state index contributed by atoms with van der Waals surface area (Å²) in [4.78, 5) is 2.84. The lowest BCUT2D eigenvalue weighted by Gasteiger charge is -2.56. The quantitative estimate of drug-likeness (QED) is 0.848. The monoisotopic (exact) mass is 282 g/mol. The largest absolute Gasteiger partial charge is 0.381 e. The SMILES string of the molecule is CC[C@H]1CN2CC[C@]34c5ccccc5N[C@H]3[C@@H](C)[C@H]1C[C@H]24. The first-order chi connectivity index (χ1) is 10.3. The van der Waals surface area contributed by atoms with Gasteiger partial charge >= 0.3 is 0 Å². The minimum absolute atomic E-state index is 0.408. The van der Waals surface area contributed by atoms with Gasteiger partial charge in [0, 0.05) is 29.7 Å². The van der Waals surface area contributed by atoms with Crippen LogP contribution in [0.1, 0.15) is 38.7 Å². The first-order valence-electron chi connectivity index (χ1n) is 8.86. The van der Waals surface area contributed by atoms with E-state index in [9.17, 15) is 0 Å². The van der Waals surface area contributed by atoms with Crippen molar-refractivity contribution in [3.05, 3.63) is 29.8 Å². The van der Waals surface area contributed by atoms with Crippen LogP contribution in [-0.2, 0) is 5.41 Å². The van der Waals surface area contributed by atoms with Gasteiger partial charge in [-0.05, 0) is 48.8 Å². The van der Waals surface area contributed by atoms with Crippen LogP contribution in [-0.4, -0.2) is 30.1 Å². The Hall–Kier alpha value is -1.02. The fourth-order valence-corrected chi connectivity index (χ4v) is 6.52. The van der Waals surface area contributed by atoms with Crippen molar-refractivity contribution in [2.75, 3.05) is 18.4 Å². The number of nitrogens with zero attached hydrogens (tertiary/aromatic N) is 1. The fourth-order valence-electron chi connectivity index (χ4n) is 6.52. The van der Waals surface area contributed by atoms with E-state index in [1.54, 1.807) is 5.56 Å². The Morgan fingerprint density at radius 2 is 2.19 bits per heavy atom. The first-order valence-corrected chi connectivity index (χ1v) is 8.86. The highest BCUT2D eigenvalue weighted by Crippen LogP contribution is 2.61. The van der Waals surface area contributed by atoms with E-state index in [2.05, 4.69) is 48.3 Å². The number of nitrogens with one attached hydrogen (secondary N) is 1. The third-order valence-electron chi connectivity index (χ3n) is 7.44. The highest BCUT2D eigenvalue weighted by atomic mass is 15.2. The molecule has 1 aromatic rings. The van der Waals surface area contributed by atoms with Gasteiger partial charge < -0.3 is 5.32 Å². The summed E-state index contributed by atoms with van der Waals surface area (Å²) in [6.07, 6.45) is 4.15. The van der Waals surface area contributed by atoms with Crippen LogP contribution in [0.4, 0.5) is 5.69 Å². The van der Waals surface area contributed by atoms with Gasteiger partial charge in [-0.2, -0.15) is 0 Å². The Kier molecular flexibility index (Phi) is 2.41. The van der Waals surface area contributed by atoms with Crippen LogP contribution in [0, 0.1) is 17.8 Å². The average molecular weight is 282 g/mol. The number of piperidine rings is 1. The van der Waals surface area contributed by atoms with Crippen LogP contribution < -0.4 is 5.32 Å². The Labute approximate surface area is 127 Å². The molecular formula is C19H26N2. The zero-order chi connectivity index (χ0) is 14.2. The zero-order valence-corrected chi connectivity index (χ0v) is 13.2. The molecule has 2 nitrogen and oxygen atoms in total. The van der Waals surface area contributed by atoms with Crippen molar-refractivity contribution in [2.45, 2.75) is 50.6 Å². The van der Waals surface area contributed by atoms with Gasteiger partial charge in [-0.25, -0.2) is 0 Å². The van der Waals surface area contributed by atoms with Crippen molar-refractivity contribution >= 4 is 5.69 Å². The van der Waals surface area contributed by atoms with E-state index in [-0.39, 0.29) is 0 Å². The van der Waals surface area contributed by atoms with E-state index in [0.29, 0.717) is 11.5 Å². The second kappa shape index (κ2) is 4.04. The van der Waals surface area contributed by atoms with E-state index in [4.69, 9.17) is 0 Å². The molecule has 2 heteroatoms. The molecule has 3 fully saturated rings. The molecule has 112 valence electrons. The third-order valence-corrected chi connectivity index (χ3v) is 7.44. The van der Waals surface area contributed by atoms with Gasteiger partial charge in [-0.15, -0.1) is 0 Å². The fraction of sp³-hybridized carbons (Fsp3) is 0.684. The standard InChI is InChI=1S/C19H26N2/c1-3-13-11-21-9-8-19-15-6-4-5-7-16(15)20-18(19)12(2)14(13)10-17(19)21/h4-7,12-14,17-18,20H,3,8-11H2,1-2H3/t12-,13-,14+,17-,18-,19+/m0/s1. The van der Waals surface area contributed by atoms with Gasteiger partial charge in [-0.3, -0.25) is 4.90 Å². The van der Waals surface area contributed by atoms with Gasteiger partial charge in [0.1, 0.15) is 0 Å². The molecule has 1 aromatic carbocycles. The molecule has 2 bridgehead atoms. The number of hydrogen-bond donors (Lipinski definition) is 1. The maximum Gasteiger partial charge on any atom is 0.0402 e. The summed E-state index contributed by atoms with van der Waals surface area (Å²) >= 11 is 0. The van der Waals surface area contributed by atoms with Crippen molar-refractivity contribution < 1.29 is 0 Å². The summed E-state index contributed by atoms with van der Waals surface area (Å²) in [5.74, 6) is 2.64. The first kappa shape index (κ1) is 12.5. The lowest BCUT2D eigenvalue weighted by Crippen LogP contribution is -2.63. The number of hydrogen-bond acceptors (Lipinski definition) is 2. The maximum atomic E-state index is 3.95. The third kappa shape index (κ3) is 1.34. The minimum Gasteiger partial charge on any atom is -0.381 e. The molecule has 1 saturated carbocycles. The minimum atomic E-state index is 0.408. The summed E-state index contributed by atoms with van der Waals surface area (Å²) in [7, 11) is 0. The molecule has 6 atom stereocenters. The summed E-state index contributed by atoms with van der Waals surface area (Å²) in [5.41, 5.74) is 3.46. The smallest absolute Gasteiger partial charge is 0.0402 e. The molecule has 3 aliphatic heterocycles. The van der Waals surface area contributed by atoms with Crippen molar-refractivity contribution in [1.82, 2.24) is 4.90 Å². The number of anilines is 1. The predicted octanol–water partition coefficient (Wildman–Crippen LogP) is 3.49. The molecule has 21 heavy (non-hydrogen) atoms. The molecule has 0 unspecified atom stereocenters.